The van der Waals surface area contributed by atoms with Gasteiger partial charge in [-0.05, 0) is 6.20 Å². The molecule has 0 atom stereocenters. The maximum absolute atomic E-state index is 2.17. The molecule has 0 fully saturated rings. The monoisotopic (exact) mass is 135 g/mol. The highest BCUT2D eigenvalue weighted by atomic mass is 15.0. The van der Waals surface area contributed by atoms with Crippen molar-refractivity contribution in [1.29, 1.82) is 0 Å². The van der Waals surface area contributed by atoms with Crippen molar-refractivity contribution in [2.45, 2.75) is 0 Å². The van der Waals surface area contributed by atoms with E-state index in [0.717, 1.165) is 0 Å². The van der Waals surface area contributed by atoms with Crippen LogP contribution >= 0.6 is 0 Å². The second kappa shape index (κ2) is 3.25. The molecule has 0 bridgehead atoms. The summed E-state index contributed by atoms with van der Waals surface area (Å²) in [6.45, 7) is 0. The van der Waals surface area contributed by atoms with Crippen molar-refractivity contribution in [1.82, 2.24) is 4.90 Å². The maximum atomic E-state index is 2.17. The molecule has 1 aliphatic carbocycles. The fraction of sp³-hybridized carbons (Fsp3) is 0.333. The molecule has 1 rings (SSSR count). The van der Waals surface area contributed by atoms with Gasteiger partial charge in [-0.1, -0.05) is 30.4 Å². The third-order valence-corrected chi connectivity index (χ3v) is 1.38. The first-order valence-corrected chi connectivity index (χ1v) is 3.49. The third-order valence-electron chi connectivity index (χ3n) is 1.38. The van der Waals surface area contributed by atoms with Gasteiger partial charge >= 0.3 is 0 Å². The lowest BCUT2D eigenvalue weighted by Gasteiger charge is -2.04. The van der Waals surface area contributed by atoms with Gasteiger partial charge in [0.25, 0.3) is 0 Å². The molecule has 0 aliphatic heterocycles. The van der Waals surface area contributed by atoms with Crippen molar-refractivity contribution in [3.05, 3.63) is 36.6 Å². The molecule has 0 heterocycles. The van der Waals surface area contributed by atoms with Crippen LogP contribution in [0.3, 0.4) is 0 Å². The van der Waals surface area contributed by atoms with Crippen molar-refractivity contribution >= 4 is 0 Å². The van der Waals surface area contributed by atoms with Gasteiger partial charge in [-0.3, -0.25) is 0 Å². The highest BCUT2D eigenvalue weighted by molar-refractivity contribution is 5.22. The summed E-state index contributed by atoms with van der Waals surface area (Å²) in [6.07, 6.45) is 12.7. The Bertz CT molecular complexity index is 163. The first-order valence-electron chi connectivity index (χ1n) is 3.49. The van der Waals surface area contributed by atoms with E-state index in [0.29, 0.717) is 5.92 Å². The minimum absolute atomic E-state index is 0.516. The van der Waals surface area contributed by atoms with E-state index in [-0.39, 0.29) is 0 Å². The largest absolute Gasteiger partial charge is 0.384 e. The fourth-order valence-electron chi connectivity index (χ4n) is 0.849. The Morgan fingerprint density at radius 1 is 1.20 bits per heavy atom. The SMILES string of the molecule is CN(C)C=CC1C=CC=C1. The lowest BCUT2D eigenvalue weighted by Crippen LogP contribution is -2.00. The van der Waals surface area contributed by atoms with Gasteiger partial charge < -0.3 is 4.90 Å². The first-order chi connectivity index (χ1) is 4.79. The lowest BCUT2D eigenvalue weighted by molar-refractivity contribution is 0.560. The molecule has 10 heavy (non-hydrogen) atoms. The molecule has 1 heteroatoms. The predicted molar refractivity (Wildman–Crippen MR) is 44.6 cm³/mol. The zero-order valence-electron chi connectivity index (χ0n) is 6.49. The molecule has 0 aromatic heterocycles. The zero-order chi connectivity index (χ0) is 7.40. The maximum Gasteiger partial charge on any atom is 0.0150 e. The fourth-order valence-corrected chi connectivity index (χ4v) is 0.849. The van der Waals surface area contributed by atoms with Gasteiger partial charge in [-0.2, -0.15) is 0 Å². The van der Waals surface area contributed by atoms with Crippen LogP contribution in [0.4, 0.5) is 0 Å². The minimum atomic E-state index is 0.516. The molecule has 0 spiro atoms. The van der Waals surface area contributed by atoms with Gasteiger partial charge in [0.05, 0.1) is 0 Å². The Balaban J connectivity index is 2.38. The van der Waals surface area contributed by atoms with E-state index in [4.69, 9.17) is 0 Å². The molecule has 0 saturated heterocycles. The Hall–Kier alpha value is -0.980. The summed E-state index contributed by atoms with van der Waals surface area (Å²) >= 11 is 0. The Morgan fingerprint density at radius 2 is 1.80 bits per heavy atom. The second-order valence-corrected chi connectivity index (χ2v) is 2.65. The lowest BCUT2D eigenvalue weighted by atomic mass is 10.2. The van der Waals surface area contributed by atoms with Gasteiger partial charge in [-0.15, -0.1) is 0 Å². The number of nitrogens with zero attached hydrogens (tertiary/aromatic N) is 1. The average Bonchev–Trinajstić information content (AvgIpc) is 2.34. The quantitative estimate of drug-likeness (QED) is 0.558. The first kappa shape index (κ1) is 7.13. The summed E-state index contributed by atoms with van der Waals surface area (Å²) in [5, 5.41) is 0. The smallest absolute Gasteiger partial charge is 0.0150 e. The number of hydrogen-bond acceptors (Lipinski definition) is 1. The molecular weight excluding hydrogens is 122 g/mol. The van der Waals surface area contributed by atoms with Crippen LogP contribution in [0.5, 0.6) is 0 Å². The van der Waals surface area contributed by atoms with Crippen molar-refractivity contribution in [2.24, 2.45) is 5.92 Å². The van der Waals surface area contributed by atoms with Crippen molar-refractivity contribution in [2.75, 3.05) is 14.1 Å². The van der Waals surface area contributed by atoms with E-state index in [1.54, 1.807) is 0 Å². The average molecular weight is 135 g/mol. The van der Waals surface area contributed by atoms with Crippen LogP contribution in [-0.2, 0) is 0 Å². The molecule has 0 amide bonds. The summed E-state index contributed by atoms with van der Waals surface area (Å²) in [4.78, 5) is 2.04. The van der Waals surface area contributed by atoms with Gasteiger partial charge in [0.1, 0.15) is 0 Å². The van der Waals surface area contributed by atoms with Gasteiger partial charge in [-0.25, -0.2) is 0 Å². The molecule has 0 N–H and O–H groups in total. The van der Waals surface area contributed by atoms with Crippen LogP contribution in [0.2, 0.25) is 0 Å². The Labute approximate surface area is 62.3 Å². The molecule has 54 valence electrons. The van der Waals surface area contributed by atoms with Crippen molar-refractivity contribution in [3.63, 3.8) is 0 Å². The number of hydrogen-bond donors (Lipinski definition) is 0. The van der Waals surface area contributed by atoms with Crippen LogP contribution in [0.1, 0.15) is 0 Å². The topological polar surface area (TPSA) is 3.24 Å². The normalized spacial score (nSPS) is 17.4. The zero-order valence-corrected chi connectivity index (χ0v) is 6.49. The van der Waals surface area contributed by atoms with Crippen LogP contribution in [0.15, 0.2) is 36.6 Å². The number of rotatable bonds is 2. The van der Waals surface area contributed by atoms with Gasteiger partial charge in [0.15, 0.2) is 0 Å². The predicted octanol–water partition coefficient (Wildman–Crippen LogP) is 1.80. The van der Waals surface area contributed by atoms with Crippen LogP contribution in [0, 0.1) is 5.92 Å². The molecule has 0 aromatic rings. The van der Waals surface area contributed by atoms with E-state index < -0.39 is 0 Å². The standard InChI is InChI=1S/C9H13N/c1-10(2)8-7-9-5-3-4-6-9/h3-9H,1-2H3. The molecule has 0 unspecified atom stereocenters. The van der Waals surface area contributed by atoms with Gasteiger partial charge in [0.2, 0.25) is 0 Å². The van der Waals surface area contributed by atoms with E-state index in [9.17, 15) is 0 Å². The van der Waals surface area contributed by atoms with Crippen molar-refractivity contribution in [3.8, 4) is 0 Å². The highest BCUT2D eigenvalue weighted by Gasteiger charge is 1.96. The molecule has 0 saturated carbocycles. The van der Waals surface area contributed by atoms with Crippen molar-refractivity contribution < 1.29 is 0 Å². The third kappa shape index (κ3) is 2.09. The summed E-state index contributed by atoms with van der Waals surface area (Å²) in [7, 11) is 4.05. The van der Waals surface area contributed by atoms with Crippen LogP contribution < -0.4 is 0 Å². The molecule has 1 nitrogen and oxygen atoms in total. The molecule has 1 aliphatic rings. The van der Waals surface area contributed by atoms with Crippen LogP contribution in [-0.4, -0.2) is 19.0 Å². The Morgan fingerprint density at radius 3 is 2.30 bits per heavy atom. The Kier molecular flexibility index (Phi) is 2.32. The summed E-state index contributed by atoms with van der Waals surface area (Å²) in [5.74, 6) is 0.516. The number of allylic oxidation sites excluding steroid dienone is 5. The van der Waals surface area contributed by atoms with E-state index in [1.807, 2.05) is 19.0 Å². The second-order valence-electron chi connectivity index (χ2n) is 2.65. The molecule has 0 radical (unpaired) electrons. The van der Waals surface area contributed by atoms with E-state index in [2.05, 4.69) is 36.6 Å². The van der Waals surface area contributed by atoms with E-state index >= 15 is 0 Å². The summed E-state index contributed by atoms with van der Waals surface area (Å²) in [6, 6.07) is 0. The summed E-state index contributed by atoms with van der Waals surface area (Å²) < 4.78 is 0. The minimum Gasteiger partial charge on any atom is -0.384 e. The van der Waals surface area contributed by atoms with E-state index in [1.165, 1.54) is 0 Å². The highest BCUT2D eigenvalue weighted by Crippen LogP contribution is 2.09. The summed E-state index contributed by atoms with van der Waals surface area (Å²) in [5.41, 5.74) is 0. The molecule has 0 aromatic carbocycles. The molecular formula is C9H13N. The van der Waals surface area contributed by atoms with Gasteiger partial charge in [0, 0.05) is 20.0 Å². The van der Waals surface area contributed by atoms with Crippen LogP contribution in [0.25, 0.3) is 0 Å².